The number of imidazole rings is 1. The van der Waals surface area contributed by atoms with Gasteiger partial charge in [-0.2, -0.15) is 0 Å². The van der Waals surface area contributed by atoms with Crippen molar-refractivity contribution in [2.45, 2.75) is 51.0 Å². The summed E-state index contributed by atoms with van der Waals surface area (Å²) in [5, 5.41) is 3.51. The quantitative estimate of drug-likeness (QED) is 0.821. The Labute approximate surface area is 105 Å². The Hall–Kier alpha value is -0.830. The summed E-state index contributed by atoms with van der Waals surface area (Å²) in [7, 11) is 4.19. The third-order valence-corrected chi connectivity index (χ3v) is 4.18. The molecule has 3 nitrogen and oxygen atoms in total. The molecule has 0 spiro atoms. The lowest BCUT2D eigenvalue weighted by molar-refractivity contribution is 0.352. The average molecular weight is 235 g/mol. The Kier molecular flexibility index (Phi) is 4.60. The van der Waals surface area contributed by atoms with Crippen molar-refractivity contribution < 1.29 is 0 Å². The maximum Gasteiger partial charge on any atom is 0.108 e. The lowest BCUT2D eigenvalue weighted by atomic mass is 9.93. The summed E-state index contributed by atoms with van der Waals surface area (Å²) in [6.45, 7) is 0. The molecule has 0 aliphatic heterocycles. The first-order valence-corrected chi connectivity index (χ1v) is 6.94. The van der Waals surface area contributed by atoms with Gasteiger partial charge in [-0.15, -0.1) is 0 Å². The molecule has 1 fully saturated rings. The molecule has 1 atom stereocenters. The maximum absolute atomic E-state index is 4.38. The molecule has 0 bridgehead atoms. The number of hydrogen-bond donors (Lipinski definition) is 1. The van der Waals surface area contributed by atoms with Gasteiger partial charge in [-0.25, -0.2) is 4.98 Å². The van der Waals surface area contributed by atoms with Gasteiger partial charge in [-0.3, -0.25) is 0 Å². The van der Waals surface area contributed by atoms with Gasteiger partial charge in [0.05, 0.1) is 0 Å². The lowest BCUT2D eigenvalue weighted by Crippen LogP contribution is -2.32. The van der Waals surface area contributed by atoms with Crippen LogP contribution >= 0.6 is 0 Å². The second-order valence-corrected chi connectivity index (χ2v) is 5.29. The highest BCUT2D eigenvalue weighted by Gasteiger charge is 2.23. The Bertz CT molecular complexity index is 326. The Morgan fingerprint density at radius 3 is 2.82 bits per heavy atom. The van der Waals surface area contributed by atoms with Gasteiger partial charge in [0.15, 0.2) is 0 Å². The molecule has 1 heterocycles. The molecule has 0 radical (unpaired) electrons. The van der Waals surface area contributed by atoms with E-state index in [4.69, 9.17) is 0 Å². The van der Waals surface area contributed by atoms with Crippen LogP contribution in [0.1, 0.15) is 44.3 Å². The number of nitrogens with zero attached hydrogens (tertiary/aromatic N) is 2. The van der Waals surface area contributed by atoms with Gasteiger partial charge in [-0.1, -0.05) is 12.8 Å². The van der Waals surface area contributed by atoms with E-state index in [0.717, 1.165) is 18.4 Å². The molecule has 0 saturated heterocycles. The predicted molar refractivity (Wildman–Crippen MR) is 71.0 cm³/mol. The van der Waals surface area contributed by atoms with E-state index in [2.05, 4.69) is 29.0 Å². The van der Waals surface area contributed by atoms with Gasteiger partial charge in [0, 0.05) is 31.9 Å². The molecule has 96 valence electrons. The van der Waals surface area contributed by atoms with Crippen LogP contribution in [0.2, 0.25) is 0 Å². The van der Waals surface area contributed by atoms with Crippen molar-refractivity contribution in [1.29, 1.82) is 0 Å². The zero-order valence-corrected chi connectivity index (χ0v) is 11.2. The zero-order chi connectivity index (χ0) is 12.1. The highest BCUT2D eigenvalue weighted by Crippen LogP contribution is 2.29. The van der Waals surface area contributed by atoms with Gasteiger partial charge < -0.3 is 9.88 Å². The van der Waals surface area contributed by atoms with Gasteiger partial charge in [0.1, 0.15) is 5.82 Å². The molecule has 1 saturated carbocycles. The molecule has 1 aromatic rings. The van der Waals surface area contributed by atoms with E-state index in [9.17, 15) is 0 Å². The standard InChI is InChI=1S/C14H25N3/c1-15-13(12-6-3-4-7-12)8-5-9-14-16-10-11-17(14)2/h10-13,15H,3-9H2,1-2H3. The van der Waals surface area contributed by atoms with Crippen LogP contribution < -0.4 is 5.32 Å². The van der Waals surface area contributed by atoms with Crippen molar-refractivity contribution in [3.05, 3.63) is 18.2 Å². The summed E-state index contributed by atoms with van der Waals surface area (Å²) in [5.41, 5.74) is 0. The van der Waals surface area contributed by atoms with E-state index in [1.54, 1.807) is 0 Å². The number of rotatable bonds is 6. The van der Waals surface area contributed by atoms with Crippen molar-refractivity contribution in [3.63, 3.8) is 0 Å². The van der Waals surface area contributed by atoms with Crippen molar-refractivity contribution in [2.75, 3.05) is 7.05 Å². The summed E-state index contributed by atoms with van der Waals surface area (Å²) in [4.78, 5) is 4.38. The molecule has 1 aliphatic rings. The first kappa shape index (κ1) is 12.6. The second-order valence-electron chi connectivity index (χ2n) is 5.29. The molecule has 1 aromatic heterocycles. The Morgan fingerprint density at radius 2 is 2.24 bits per heavy atom. The van der Waals surface area contributed by atoms with Gasteiger partial charge in [0.25, 0.3) is 0 Å². The topological polar surface area (TPSA) is 29.9 Å². The Balaban J connectivity index is 1.74. The van der Waals surface area contributed by atoms with Crippen LogP contribution in [0.4, 0.5) is 0 Å². The first-order valence-electron chi connectivity index (χ1n) is 6.94. The van der Waals surface area contributed by atoms with E-state index in [1.807, 2.05) is 12.4 Å². The van der Waals surface area contributed by atoms with Crippen molar-refractivity contribution in [1.82, 2.24) is 14.9 Å². The highest BCUT2D eigenvalue weighted by atomic mass is 15.0. The summed E-state index contributed by atoms with van der Waals surface area (Å²) < 4.78 is 2.13. The fourth-order valence-corrected chi connectivity index (χ4v) is 3.09. The summed E-state index contributed by atoms with van der Waals surface area (Å²) in [5.74, 6) is 2.13. The maximum atomic E-state index is 4.38. The number of hydrogen-bond acceptors (Lipinski definition) is 2. The molecule has 1 unspecified atom stereocenters. The van der Waals surface area contributed by atoms with Crippen LogP contribution in [0.25, 0.3) is 0 Å². The minimum Gasteiger partial charge on any atom is -0.338 e. The third-order valence-electron chi connectivity index (χ3n) is 4.18. The number of aryl methyl sites for hydroxylation is 2. The van der Waals surface area contributed by atoms with Gasteiger partial charge >= 0.3 is 0 Å². The molecule has 2 rings (SSSR count). The van der Waals surface area contributed by atoms with E-state index in [1.165, 1.54) is 44.3 Å². The summed E-state index contributed by atoms with van der Waals surface area (Å²) in [6, 6.07) is 0.720. The summed E-state index contributed by atoms with van der Waals surface area (Å²) in [6.07, 6.45) is 13.3. The van der Waals surface area contributed by atoms with Crippen LogP contribution in [-0.4, -0.2) is 22.6 Å². The number of nitrogens with one attached hydrogen (secondary N) is 1. The third kappa shape index (κ3) is 3.32. The van der Waals surface area contributed by atoms with E-state index < -0.39 is 0 Å². The van der Waals surface area contributed by atoms with Crippen LogP contribution in [-0.2, 0) is 13.5 Å². The van der Waals surface area contributed by atoms with Crippen LogP contribution in [0.3, 0.4) is 0 Å². The normalized spacial score (nSPS) is 18.7. The predicted octanol–water partition coefficient (Wildman–Crippen LogP) is 2.52. The smallest absolute Gasteiger partial charge is 0.108 e. The molecular formula is C14H25N3. The largest absolute Gasteiger partial charge is 0.338 e. The van der Waals surface area contributed by atoms with Crippen molar-refractivity contribution in [2.24, 2.45) is 13.0 Å². The van der Waals surface area contributed by atoms with Gasteiger partial charge in [0.2, 0.25) is 0 Å². The SMILES string of the molecule is CNC(CCCc1nccn1C)C1CCCC1. The van der Waals surface area contributed by atoms with E-state index >= 15 is 0 Å². The summed E-state index contributed by atoms with van der Waals surface area (Å²) >= 11 is 0. The first-order chi connectivity index (χ1) is 8.31. The van der Waals surface area contributed by atoms with Crippen LogP contribution in [0, 0.1) is 5.92 Å². The average Bonchev–Trinajstić information content (AvgIpc) is 2.97. The molecule has 3 heteroatoms. The fraction of sp³-hybridized carbons (Fsp3) is 0.786. The lowest BCUT2D eigenvalue weighted by Gasteiger charge is -2.22. The van der Waals surface area contributed by atoms with Crippen LogP contribution in [0.5, 0.6) is 0 Å². The zero-order valence-electron chi connectivity index (χ0n) is 11.2. The Morgan fingerprint density at radius 1 is 1.47 bits per heavy atom. The molecule has 1 aliphatic carbocycles. The second kappa shape index (κ2) is 6.20. The molecule has 17 heavy (non-hydrogen) atoms. The molecule has 0 amide bonds. The monoisotopic (exact) mass is 235 g/mol. The highest BCUT2D eigenvalue weighted by molar-refractivity contribution is 4.91. The fourth-order valence-electron chi connectivity index (χ4n) is 3.09. The minimum atomic E-state index is 0.720. The molecule has 1 N–H and O–H groups in total. The number of aromatic nitrogens is 2. The van der Waals surface area contributed by atoms with Crippen LogP contribution in [0.15, 0.2) is 12.4 Å². The van der Waals surface area contributed by atoms with E-state index in [0.29, 0.717) is 0 Å². The van der Waals surface area contributed by atoms with Gasteiger partial charge in [-0.05, 0) is 38.6 Å². The molecule has 0 aromatic carbocycles. The minimum absolute atomic E-state index is 0.720. The van der Waals surface area contributed by atoms with E-state index in [-0.39, 0.29) is 0 Å². The van der Waals surface area contributed by atoms with Crippen molar-refractivity contribution >= 4 is 0 Å². The van der Waals surface area contributed by atoms with Crippen molar-refractivity contribution in [3.8, 4) is 0 Å². The molecular weight excluding hydrogens is 210 g/mol.